The molecule has 116 valence electrons. The van der Waals surface area contributed by atoms with Gasteiger partial charge >= 0.3 is 0 Å². The first-order chi connectivity index (χ1) is 10.0. The van der Waals surface area contributed by atoms with E-state index in [2.05, 4.69) is 51.2 Å². The number of hydrogen-bond acceptors (Lipinski definition) is 3. The van der Waals surface area contributed by atoms with Gasteiger partial charge in [-0.25, -0.2) is 0 Å². The summed E-state index contributed by atoms with van der Waals surface area (Å²) in [5.41, 5.74) is 3.45. The monoisotopic (exact) mass is 289 g/mol. The predicted molar refractivity (Wildman–Crippen MR) is 87.6 cm³/mol. The van der Waals surface area contributed by atoms with Gasteiger partial charge in [-0.2, -0.15) is 0 Å². The third kappa shape index (κ3) is 3.66. The minimum absolute atomic E-state index is 0.451. The zero-order valence-corrected chi connectivity index (χ0v) is 13.8. The molecule has 1 N–H and O–H groups in total. The van der Waals surface area contributed by atoms with Crippen LogP contribution in [0.2, 0.25) is 0 Å². The molecule has 3 nitrogen and oxygen atoms in total. The zero-order valence-electron chi connectivity index (χ0n) is 13.8. The van der Waals surface area contributed by atoms with E-state index >= 15 is 0 Å². The molecular formula is C18H27NO2. The largest absolute Gasteiger partial charge is 0.459 e. The highest BCUT2D eigenvalue weighted by molar-refractivity contribution is 5.85. The molecular weight excluding hydrogens is 262 g/mol. The zero-order chi connectivity index (χ0) is 15.4. The van der Waals surface area contributed by atoms with Crippen LogP contribution in [-0.2, 0) is 17.9 Å². The molecule has 0 amide bonds. The van der Waals surface area contributed by atoms with Crippen molar-refractivity contribution in [3.8, 4) is 0 Å². The van der Waals surface area contributed by atoms with Crippen LogP contribution >= 0.6 is 0 Å². The fourth-order valence-electron chi connectivity index (χ4n) is 2.62. The molecule has 1 aromatic heterocycles. The van der Waals surface area contributed by atoms with E-state index in [4.69, 9.17) is 9.15 Å². The summed E-state index contributed by atoms with van der Waals surface area (Å²) in [5.74, 6) is 2.08. The molecule has 0 spiro atoms. The summed E-state index contributed by atoms with van der Waals surface area (Å²) in [5, 5.41) is 4.64. The number of rotatable bonds is 7. The maximum absolute atomic E-state index is 6.18. The molecule has 0 aliphatic rings. The Labute approximate surface area is 127 Å². The van der Waals surface area contributed by atoms with E-state index in [-0.39, 0.29) is 0 Å². The SMILES string of the molecule is COCc1c(CNCC(C)C)oc2c(C(C)C)cccc12. The van der Waals surface area contributed by atoms with Gasteiger partial charge in [0.1, 0.15) is 11.3 Å². The molecule has 0 atom stereocenters. The van der Waals surface area contributed by atoms with Crippen molar-refractivity contribution in [2.75, 3.05) is 13.7 Å². The Balaban J connectivity index is 2.39. The predicted octanol–water partition coefficient (Wildman–Crippen LogP) is 4.45. The van der Waals surface area contributed by atoms with Gasteiger partial charge < -0.3 is 14.5 Å². The van der Waals surface area contributed by atoms with Gasteiger partial charge in [0.05, 0.1) is 13.2 Å². The van der Waals surface area contributed by atoms with Gasteiger partial charge in [-0.1, -0.05) is 45.9 Å². The lowest BCUT2D eigenvalue weighted by atomic mass is 10.00. The highest BCUT2D eigenvalue weighted by Gasteiger charge is 2.17. The van der Waals surface area contributed by atoms with Crippen LogP contribution in [0.25, 0.3) is 11.0 Å². The Kier molecular flexibility index (Phi) is 5.43. The second-order valence-corrected chi connectivity index (χ2v) is 6.34. The molecule has 0 unspecified atom stereocenters. The van der Waals surface area contributed by atoms with E-state index in [0.717, 1.165) is 24.4 Å². The van der Waals surface area contributed by atoms with E-state index in [9.17, 15) is 0 Å². The van der Waals surface area contributed by atoms with E-state index in [1.807, 2.05) is 0 Å². The molecule has 0 aliphatic heterocycles. The van der Waals surface area contributed by atoms with Crippen molar-refractivity contribution in [3.63, 3.8) is 0 Å². The van der Waals surface area contributed by atoms with Crippen LogP contribution in [0.15, 0.2) is 22.6 Å². The van der Waals surface area contributed by atoms with Crippen molar-refractivity contribution in [3.05, 3.63) is 35.1 Å². The number of furan rings is 1. The quantitative estimate of drug-likeness (QED) is 0.818. The van der Waals surface area contributed by atoms with Gasteiger partial charge in [-0.3, -0.25) is 0 Å². The highest BCUT2D eigenvalue weighted by Crippen LogP contribution is 2.32. The normalized spacial score (nSPS) is 12.0. The Morgan fingerprint density at radius 1 is 1.19 bits per heavy atom. The maximum atomic E-state index is 6.18. The molecule has 3 heteroatoms. The van der Waals surface area contributed by atoms with Gasteiger partial charge in [0.25, 0.3) is 0 Å². The average molecular weight is 289 g/mol. The summed E-state index contributed by atoms with van der Waals surface area (Å²) in [6.45, 7) is 11.1. The standard InChI is InChI=1S/C18H27NO2/c1-12(2)9-19-10-17-16(11-20-5)15-8-6-7-14(13(3)4)18(15)21-17/h6-8,12-13,19H,9-11H2,1-5H3. The fraction of sp³-hybridized carbons (Fsp3) is 0.556. The van der Waals surface area contributed by atoms with Gasteiger partial charge in [0.15, 0.2) is 0 Å². The Morgan fingerprint density at radius 2 is 1.95 bits per heavy atom. The lowest BCUT2D eigenvalue weighted by Gasteiger charge is -2.07. The van der Waals surface area contributed by atoms with E-state index in [0.29, 0.717) is 18.4 Å². The molecule has 0 aliphatic carbocycles. The van der Waals surface area contributed by atoms with E-state index in [1.165, 1.54) is 16.5 Å². The molecule has 0 bridgehead atoms. The smallest absolute Gasteiger partial charge is 0.138 e. The highest BCUT2D eigenvalue weighted by atomic mass is 16.5. The van der Waals surface area contributed by atoms with Crippen LogP contribution < -0.4 is 5.32 Å². The Morgan fingerprint density at radius 3 is 2.57 bits per heavy atom. The molecule has 0 fully saturated rings. The van der Waals surface area contributed by atoms with Crippen molar-refractivity contribution >= 4 is 11.0 Å². The van der Waals surface area contributed by atoms with Crippen molar-refractivity contribution in [1.82, 2.24) is 5.32 Å². The van der Waals surface area contributed by atoms with Crippen molar-refractivity contribution in [1.29, 1.82) is 0 Å². The third-order valence-corrected chi connectivity index (χ3v) is 3.68. The van der Waals surface area contributed by atoms with E-state index in [1.54, 1.807) is 7.11 Å². The summed E-state index contributed by atoms with van der Waals surface area (Å²) in [4.78, 5) is 0. The molecule has 21 heavy (non-hydrogen) atoms. The van der Waals surface area contributed by atoms with Gasteiger partial charge in [0.2, 0.25) is 0 Å². The number of hydrogen-bond donors (Lipinski definition) is 1. The Hall–Kier alpha value is -1.32. The topological polar surface area (TPSA) is 34.4 Å². The molecule has 2 rings (SSSR count). The summed E-state index contributed by atoms with van der Waals surface area (Å²) >= 11 is 0. The first-order valence-electron chi connectivity index (χ1n) is 7.77. The van der Waals surface area contributed by atoms with Crippen LogP contribution in [0.1, 0.15) is 50.5 Å². The molecule has 0 radical (unpaired) electrons. The van der Waals surface area contributed by atoms with Crippen LogP contribution in [0.5, 0.6) is 0 Å². The number of fused-ring (bicyclic) bond motifs is 1. The Bertz CT molecular complexity index is 584. The lowest BCUT2D eigenvalue weighted by Crippen LogP contribution is -2.19. The fourth-order valence-corrected chi connectivity index (χ4v) is 2.62. The summed E-state index contributed by atoms with van der Waals surface area (Å²) in [6, 6.07) is 6.39. The van der Waals surface area contributed by atoms with Gasteiger partial charge in [-0.05, 0) is 23.9 Å². The second-order valence-electron chi connectivity index (χ2n) is 6.34. The number of methoxy groups -OCH3 is 1. The van der Waals surface area contributed by atoms with Gasteiger partial charge in [0, 0.05) is 18.1 Å². The van der Waals surface area contributed by atoms with Crippen LogP contribution in [0.4, 0.5) is 0 Å². The van der Waals surface area contributed by atoms with Crippen molar-refractivity contribution < 1.29 is 9.15 Å². The number of ether oxygens (including phenoxy) is 1. The molecule has 0 saturated carbocycles. The van der Waals surface area contributed by atoms with Crippen molar-refractivity contribution in [2.24, 2.45) is 5.92 Å². The van der Waals surface area contributed by atoms with Crippen LogP contribution in [0.3, 0.4) is 0 Å². The molecule has 1 aromatic carbocycles. The number of para-hydroxylation sites is 1. The first kappa shape index (κ1) is 16.1. The molecule has 2 aromatic rings. The average Bonchev–Trinajstić information content (AvgIpc) is 2.77. The maximum Gasteiger partial charge on any atom is 0.138 e. The lowest BCUT2D eigenvalue weighted by molar-refractivity contribution is 0.183. The molecule has 1 heterocycles. The van der Waals surface area contributed by atoms with Crippen molar-refractivity contribution in [2.45, 2.75) is 46.8 Å². The summed E-state index contributed by atoms with van der Waals surface area (Å²) in [7, 11) is 1.73. The van der Waals surface area contributed by atoms with Crippen LogP contribution in [-0.4, -0.2) is 13.7 Å². The first-order valence-corrected chi connectivity index (χ1v) is 7.77. The summed E-state index contributed by atoms with van der Waals surface area (Å²) in [6.07, 6.45) is 0. The number of benzene rings is 1. The minimum Gasteiger partial charge on any atom is -0.459 e. The third-order valence-electron chi connectivity index (χ3n) is 3.68. The number of nitrogens with one attached hydrogen (secondary N) is 1. The minimum atomic E-state index is 0.451. The second kappa shape index (κ2) is 7.10. The van der Waals surface area contributed by atoms with Gasteiger partial charge in [-0.15, -0.1) is 0 Å². The molecule has 0 saturated heterocycles. The summed E-state index contributed by atoms with van der Waals surface area (Å²) < 4.78 is 11.6. The van der Waals surface area contributed by atoms with Crippen LogP contribution in [0, 0.1) is 5.92 Å². The van der Waals surface area contributed by atoms with E-state index < -0.39 is 0 Å².